The molecule has 1 N–H and O–H groups in total. The highest BCUT2D eigenvalue weighted by Crippen LogP contribution is 2.21. The highest BCUT2D eigenvalue weighted by Gasteiger charge is 2.14. The van der Waals surface area contributed by atoms with E-state index < -0.39 is 0 Å². The average molecular weight is 453 g/mol. The van der Waals surface area contributed by atoms with Crippen LogP contribution in [0.25, 0.3) is 10.9 Å². The Morgan fingerprint density at radius 3 is 2.88 bits per heavy atom. The number of rotatable bonds is 6. The summed E-state index contributed by atoms with van der Waals surface area (Å²) in [4.78, 5) is 33.8. The second-order valence-corrected chi connectivity index (χ2v) is 8.36. The topological polar surface area (TPSA) is 76.9 Å². The molecular formula is C17H17BrN4O2S2. The van der Waals surface area contributed by atoms with Gasteiger partial charge in [-0.1, -0.05) is 34.6 Å². The maximum atomic E-state index is 12.8. The zero-order valence-electron chi connectivity index (χ0n) is 14.3. The molecule has 2 aromatic heterocycles. The van der Waals surface area contributed by atoms with E-state index in [9.17, 15) is 9.59 Å². The molecule has 1 aromatic carbocycles. The lowest BCUT2D eigenvalue weighted by atomic mass is 10.2. The summed E-state index contributed by atoms with van der Waals surface area (Å²) in [6, 6.07) is 5.44. The van der Waals surface area contributed by atoms with Gasteiger partial charge in [0.1, 0.15) is 0 Å². The van der Waals surface area contributed by atoms with Crippen LogP contribution in [0.3, 0.4) is 0 Å². The number of anilines is 1. The smallest absolute Gasteiger partial charge is 0.262 e. The first kappa shape index (κ1) is 19.1. The molecule has 1 amide bonds. The van der Waals surface area contributed by atoms with Crippen molar-refractivity contribution in [2.45, 2.75) is 32.0 Å². The van der Waals surface area contributed by atoms with Crippen LogP contribution >= 0.6 is 39.0 Å². The maximum Gasteiger partial charge on any atom is 0.262 e. The molecule has 136 valence electrons. The van der Waals surface area contributed by atoms with Gasteiger partial charge in [-0.3, -0.25) is 14.2 Å². The largest absolute Gasteiger partial charge is 0.301 e. The van der Waals surface area contributed by atoms with Gasteiger partial charge in [0.25, 0.3) is 5.56 Å². The fourth-order valence-electron chi connectivity index (χ4n) is 2.40. The normalized spacial score (nSPS) is 11.0. The lowest BCUT2D eigenvalue weighted by molar-refractivity contribution is -0.113. The summed E-state index contributed by atoms with van der Waals surface area (Å²) >= 11 is 6.04. The number of thioether (sulfide) groups is 1. The molecule has 0 bridgehead atoms. The van der Waals surface area contributed by atoms with E-state index in [0.29, 0.717) is 27.7 Å². The molecule has 0 unspecified atom stereocenters. The van der Waals surface area contributed by atoms with Crippen molar-refractivity contribution in [1.29, 1.82) is 0 Å². The van der Waals surface area contributed by atoms with E-state index in [2.05, 4.69) is 31.2 Å². The molecule has 3 rings (SSSR count). The van der Waals surface area contributed by atoms with E-state index in [1.165, 1.54) is 23.1 Å². The number of fused-ring (bicyclic) bond motifs is 1. The second-order valence-electron chi connectivity index (χ2n) is 5.64. The quantitative estimate of drug-likeness (QED) is 0.450. The first-order valence-corrected chi connectivity index (χ1v) is 10.7. The molecule has 26 heavy (non-hydrogen) atoms. The molecule has 0 radical (unpaired) electrons. The van der Waals surface area contributed by atoms with Crippen LogP contribution in [0.5, 0.6) is 0 Å². The summed E-state index contributed by atoms with van der Waals surface area (Å²) in [5.74, 6) is -0.00543. The highest BCUT2D eigenvalue weighted by atomic mass is 79.9. The Morgan fingerprint density at radius 2 is 2.19 bits per heavy atom. The fourth-order valence-corrected chi connectivity index (χ4v) is 4.29. The molecule has 2 heterocycles. The molecule has 6 nitrogen and oxygen atoms in total. The number of amides is 1. The first-order chi connectivity index (χ1) is 12.5. The number of hydrogen-bond donors (Lipinski definition) is 1. The molecule has 0 aliphatic heterocycles. The molecule has 0 saturated carbocycles. The third-order valence-electron chi connectivity index (χ3n) is 3.53. The molecular weight excluding hydrogens is 436 g/mol. The van der Waals surface area contributed by atoms with Crippen LogP contribution in [0.4, 0.5) is 5.13 Å². The van der Waals surface area contributed by atoms with Gasteiger partial charge in [0.15, 0.2) is 10.3 Å². The van der Waals surface area contributed by atoms with Gasteiger partial charge in [0.05, 0.1) is 22.3 Å². The Bertz CT molecular complexity index is 1020. The van der Waals surface area contributed by atoms with Crippen molar-refractivity contribution in [3.63, 3.8) is 0 Å². The lowest BCUT2D eigenvalue weighted by Gasteiger charge is -2.12. The summed E-state index contributed by atoms with van der Waals surface area (Å²) < 4.78 is 2.48. The number of hydrogen-bond acceptors (Lipinski definition) is 6. The maximum absolute atomic E-state index is 12.8. The Hall–Kier alpha value is -1.71. The van der Waals surface area contributed by atoms with E-state index in [0.717, 1.165) is 16.6 Å². The van der Waals surface area contributed by atoms with Crippen LogP contribution in [0, 0.1) is 6.92 Å². The van der Waals surface area contributed by atoms with Crippen molar-refractivity contribution in [2.24, 2.45) is 0 Å². The van der Waals surface area contributed by atoms with Crippen LogP contribution in [0.15, 0.2) is 38.0 Å². The van der Waals surface area contributed by atoms with E-state index in [4.69, 9.17) is 0 Å². The Kier molecular flexibility index (Phi) is 6.10. The number of halogens is 1. The molecule has 0 saturated heterocycles. The molecule has 0 aliphatic carbocycles. The van der Waals surface area contributed by atoms with Crippen molar-refractivity contribution in [2.75, 3.05) is 11.1 Å². The van der Waals surface area contributed by atoms with Crippen LogP contribution in [-0.4, -0.2) is 26.2 Å². The van der Waals surface area contributed by atoms with Crippen LogP contribution in [0.1, 0.15) is 19.0 Å². The molecule has 0 atom stereocenters. The number of nitrogens with one attached hydrogen (secondary N) is 1. The fraction of sp³-hybridized carbons (Fsp3) is 0.294. The van der Waals surface area contributed by atoms with Crippen LogP contribution in [0.2, 0.25) is 0 Å². The number of thiazole rings is 1. The molecule has 9 heteroatoms. The number of carbonyl (C=O) groups excluding carboxylic acids is 1. The Morgan fingerprint density at radius 1 is 1.38 bits per heavy atom. The third-order valence-corrected chi connectivity index (χ3v) is 5.87. The van der Waals surface area contributed by atoms with Gasteiger partial charge in [-0.05, 0) is 31.5 Å². The van der Waals surface area contributed by atoms with Gasteiger partial charge in [-0.15, -0.1) is 11.3 Å². The Balaban J connectivity index is 1.84. The van der Waals surface area contributed by atoms with Gasteiger partial charge in [-0.25, -0.2) is 9.97 Å². The van der Waals surface area contributed by atoms with Gasteiger partial charge in [0, 0.05) is 16.4 Å². The number of carbonyl (C=O) groups is 1. The predicted molar refractivity (Wildman–Crippen MR) is 110 cm³/mol. The van der Waals surface area contributed by atoms with Crippen molar-refractivity contribution in [3.05, 3.63) is 44.1 Å². The van der Waals surface area contributed by atoms with Crippen molar-refractivity contribution >= 4 is 61.0 Å². The number of aromatic nitrogens is 3. The average Bonchev–Trinajstić information content (AvgIpc) is 3.01. The third kappa shape index (κ3) is 4.33. The van der Waals surface area contributed by atoms with Gasteiger partial charge < -0.3 is 5.32 Å². The van der Waals surface area contributed by atoms with Gasteiger partial charge in [0.2, 0.25) is 5.91 Å². The summed E-state index contributed by atoms with van der Waals surface area (Å²) in [5, 5.41) is 6.35. The monoisotopic (exact) mass is 452 g/mol. The van der Waals surface area contributed by atoms with Crippen molar-refractivity contribution in [3.8, 4) is 0 Å². The first-order valence-electron chi connectivity index (χ1n) is 8.03. The lowest BCUT2D eigenvalue weighted by Crippen LogP contribution is -2.24. The molecule has 0 spiro atoms. The summed E-state index contributed by atoms with van der Waals surface area (Å²) in [5.41, 5.74) is 1.41. The minimum atomic E-state index is -0.169. The molecule has 0 aliphatic rings. The summed E-state index contributed by atoms with van der Waals surface area (Å²) in [6.45, 7) is 4.44. The Labute approximate surface area is 167 Å². The molecule has 3 aromatic rings. The van der Waals surface area contributed by atoms with E-state index in [1.54, 1.807) is 16.7 Å². The minimum Gasteiger partial charge on any atom is -0.301 e. The summed E-state index contributed by atoms with van der Waals surface area (Å²) in [7, 11) is 0. The zero-order valence-corrected chi connectivity index (χ0v) is 17.5. The minimum absolute atomic E-state index is 0.0865. The second kappa shape index (κ2) is 8.32. The highest BCUT2D eigenvalue weighted by molar-refractivity contribution is 9.10. The standard InChI is InChI=1S/C17H17BrN4O2S2/c1-3-6-22-15(24)12-7-11(18)4-5-13(12)20-17(22)26-9-14(23)21-16-19-10(2)8-25-16/h4-5,7-8H,3,6,9H2,1-2H3,(H,19,21,23). The van der Waals surface area contributed by atoms with Crippen LogP contribution in [-0.2, 0) is 11.3 Å². The number of nitrogens with zero attached hydrogens (tertiary/aromatic N) is 3. The SMILES string of the molecule is CCCn1c(SCC(=O)Nc2nc(C)cs2)nc2ccc(Br)cc2c1=O. The van der Waals surface area contributed by atoms with Gasteiger partial charge in [-0.2, -0.15) is 0 Å². The van der Waals surface area contributed by atoms with E-state index >= 15 is 0 Å². The molecule has 0 fully saturated rings. The summed E-state index contributed by atoms with van der Waals surface area (Å²) in [6.07, 6.45) is 0.805. The van der Waals surface area contributed by atoms with E-state index in [1.807, 2.05) is 25.3 Å². The van der Waals surface area contributed by atoms with Crippen molar-refractivity contribution < 1.29 is 4.79 Å². The number of aryl methyl sites for hydroxylation is 1. The van der Waals surface area contributed by atoms with Crippen LogP contribution < -0.4 is 10.9 Å². The van der Waals surface area contributed by atoms with E-state index in [-0.39, 0.29) is 17.2 Å². The predicted octanol–water partition coefficient (Wildman–Crippen LogP) is 4.06. The number of benzene rings is 1. The van der Waals surface area contributed by atoms with Gasteiger partial charge >= 0.3 is 0 Å². The van der Waals surface area contributed by atoms with Crippen molar-refractivity contribution in [1.82, 2.24) is 14.5 Å². The zero-order chi connectivity index (χ0) is 18.7.